The molecule has 4 nitrogen and oxygen atoms in total. The topological polar surface area (TPSA) is 63.8 Å². The fraction of sp³-hybridized carbons (Fsp3) is 0.500. The molecule has 0 aliphatic heterocycles. The molecular weight excluding hydrogens is 232 g/mol. The lowest BCUT2D eigenvalue weighted by Gasteiger charge is -2.06. The van der Waals surface area contributed by atoms with Crippen LogP contribution in [-0.4, -0.2) is 9.97 Å². The molecule has 0 saturated heterocycles. The summed E-state index contributed by atoms with van der Waals surface area (Å²) in [6.45, 7) is 6.46. The van der Waals surface area contributed by atoms with E-state index in [4.69, 9.17) is 5.84 Å². The van der Waals surface area contributed by atoms with E-state index in [0.717, 1.165) is 34.7 Å². The summed E-state index contributed by atoms with van der Waals surface area (Å²) >= 11 is 1.72. The van der Waals surface area contributed by atoms with E-state index in [9.17, 15) is 0 Å². The highest BCUT2D eigenvalue weighted by Gasteiger charge is 2.11. The van der Waals surface area contributed by atoms with Crippen LogP contribution in [-0.2, 0) is 12.8 Å². The summed E-state index contributed by atoms with van der Waals surface area (Å²) in [5.74, 6) is 7.68. The lowest BCUT2D eigenvalue weighted by molar-refractivity contribution is 0.623. The van der Waals surface area contributed by atoms with Crippen molar-refractivity contribution in [1.29, 1.82) is 0 Å². The number of nitrogens with zero attached hydrogens (tertiary/aromatic N) is 2. The van der Waals surface area contributed by atoms with Crippen molar-refractivity contribution in [3.05, 3.63) is 16.8 Å². The zero-order valence-electron chi connectivity index (χ0n) is 10.4. The molecule has 0 radical (unpaired) electrons. The molecule has 0 amide bonds. The molecular formula is C12H18N4S. The third-order valence-electron chi connectivity index (χ3n) is 2.57. The molecule has 0 aromatic carbocycles. The number of hydrogen-bond acceptors (Lipinski definition) is 5. The Morgan fingerprint density at radius 1 is 1.41 bits per heavy atom. The molecule has 3 N–H and O–H groups in total. The molecule has 0 aliphatic carbocycles. The fourth-order valence-electron chi connectivity index (χ4n) is 1.76. The first-order valence-corrected chi connectivity index (χ1v) is 6.71. The summed E-state index contributed by atoms with van der Waals surface area (Å²) in [6, 6.07) is 2.12. The molecule has 17 heavy (non-hydrogen) atoms. The third-order valence-corrected chi connectivity index (χ3v) is 3.74. The van der Waals surface area contributed by atoms with Crippen LogP contribution in [0.4, 0.5) is 5.82 Å². The van der Waals surface area contributed by atoms with Gasteiger partial charge in [-0.05, 0) is 18.4 Å². The maximum absolute atomic E-state index is 5.53. The quantitative estimate of drug-likeness (QED) is 0.647. The van der Waals surface area contributed by atoms with Crippen molar-refractivity contribution in [2.45, 2.75) is 33.6 Å². The Morgan fingerprint density at radius 3 is 2.76 bits per heavy atom. The Bertz CT molecular complexity index is 518. The Hall–Kier alpha value is -1.20. The van der Waals surface area contributed by atoms with Gasteiger partial charge in [-0.1, -0.05) is 20.8 Å². The van der Waals surface area contributed by atoms with Gasteiger partial charge in [-0.25, -0.2) is 15.8 Å². The number of aryl methyl sites for hydroxylation is 1. The van der Waals surface area contributed by atoms with E-state index in [0.29, 0.717) is 5.92 Å². The van der Waals surface area contributed by atoms with Crippen molar-refractivity contribution in [1.82, 2.24) is 9.97 Å². The van der Waals surface area contributed by atoms with Crippen molar-refractivity contribution >= 4 is 27.4 Å². The van der Waals surface area contributed by atoms with Gasteiger partial charge in [0.1, 0.15) is 10.7 Å². The molecule has 92 valence electrons. The van der Waals surface area contributed by atoms with E-state index in [-0.39, 0.29) is 0 Å². The molecule has 0 saturated carbocycles. The van der Waals surface area contributed by atoms with E-state index < -0.39 is 0 Å². The van der Waals surface area contributed by atoms with Crippen LogP contribution >= 0.6 is 11.3 Å². The van der Waals surface area contributed by atoms with Crippen LogP contribution in [0.3, 0.4) is 0 Å². The molecule has 2 aromatic rings. The molecule has 0 unspecified atom stereocenters. The number of thiophene rings is 1. The van der Waals surface area contributed by atoms with Gasteiger partial charge in [0.25, 0.3) is 0 Å². The molecule has 2 rings (SSSR count). The number of hydrogen-bond donors (Lipinski definition) is 2. The molecule has 0 atom stereocenters. The van der Waals surface area contributed by atoms with Crippen LogP contribution in [0.2, 0.25) is 0 Å². The van der Waals surface area contributed by atoms with Gasteiger partial charge in [0.05, 0.1) is 5.39 Å². The highest BCUT2D eigenvalue weighted by molar-refractivity contribution is 7.18. The minimum absolute atomic E-state index is 0.545. The molecule has 2 aromatic heterocycles. The van der Waals surface area contributed by atoms with Crippen molar-refractivity contribution < 1.29 is 0 Å². The van der Waals surface area contributed by atoms with Crippen LogP contribution in [0.15, 0.2) is 6.07 Å². The Labute approximate surface area is 105 Å². The molecule has 2 heterocycles. The summed E-state index contributed by atoms with van der Waals surface area (Å²) in [4.78, 5) is 11.4. The van der Waals surface area contributed by atoms with E-state index >= 15 is 0 Å². The van der Waals surface area contributed by atoms with Crippen LogP contribution in [0.5, 0.6) is 0 Å². The maximum Gasteiger partial charge on any atom is 0.152 e. The summed E-state index contributed by atoms with van der Waals surface area (Å²) in [7, 11) is 0. The number of anilines is 1. The monoisotopic (exact) mass is 250 g/mol. The molecule has 0 fully saturated rings. The smallest absolute Gasteiger partial charge is 0.152 e. The first-order chi connectivity index (χ1) is 8.13. The van der Waals surface area contributed by atoms with Gasteiger partial charge in [0.2, 0.25) is 0 Å². The van der Waals surface area contributed by atoms with Crippen molar-refractivity contribution in [2.75, 3.05) is 5.43 Å². The van der Waals surface area contributed by atoms with Crippen LogP contribution < -0.4 is 11.3 Å². The van der Waals surface area contributed by atoms with E-state index in [2.05, 4.69) is 42.2 Å². The average molecular weight is 250 g/mol. The largest absolute Gasteiger partial charge is 0.308 e. The predicted octanol–water partition coefficient (Wildman–Crippen LogP) is 2.74. The van der Waals surface area contributed by atoms with Crippen LogP contribution in [0, 0.1) is 5.92 Å². The Morgan fingerprint density at radius 2 is 2.18 bits per heavy atom. The first kappa shape index (κ1) is 12.3. The Balaban J connectivity index is 2.52. The minimum Gasteiger partial charge on any atom is -0.308 e. The standard InChI is InChI=1S/C12H18N4S/c1-4-8-6-9-11(16-13)14-10(5-7(2)3)15-12(9)17-8/h6-7H,4-5,13H2,1-3H3,(H,14,15,16). The van der Waals surface area contributed by atoms with Crippen LogP contribution in [0.1, 0.15) is 31.5 Å². The zero-order valence-corrected chi connectivity index (χ0v) is 11.3. The minimum atomic E-state index is 0.545. The third kappa shape index (κ3) is 2.56. The molecule has 0 bridgehead atoms. The maximum atomic E-state index is 5.53. The fourth-order valence-corrected chi connectivity index (χ4v) is 2.74. The van der Waals surface area contributed by atoms with Gasteiger partial charge in [0, 0.05) is 11.3 Å². The Kier molecular flexibility index (Phi) is 3.59. The van der Waals surface area contributed by atoms with Crippen molar-refractivity contribution in [3.63, 3.8) is 0 Å². The second kappa shape index (κ2) is 4.98. The van der Waals surface area contributed by atoms with E-state index in [1.54, 1.807) is 11.3 Å². The van der Waals surface area contributed by atoms with Crippen LogP contribution in [0.25, 0.3) is 10.2 Å². The summed E-state index contributed by atoms with van der Waals surface area (Å²) in [5, 5.41) is 1.03. The van der Waals surface area contributed by atoms with Crippen molar-refractivity contribution in [3.8, 4) is 0 Å². The summed E-state index contributed by atoms with van der Waals surface area (Å²) < 4.78 is 0. The number of hydrazine groups is 1. The second-order valence-corrected chi connectivity index (χ2v) is 5.63. The highest BCUT2D eigenvalue weighted by atomic mass is 32.1. The van der Waals surface area contributed by atoms with Crippen molar-refractivity contribution in [2.24, 2.45) is 11.8 Å². The molecule has 0 spiro atoms. The molecule has 0 aliphatic rings. The van der Waals surface area contributed by atoms with Gasteiger partial charge in [-0.15, -0.1) is 11.3 Å². The summed E-state index contributed by atoms with van der Waals surface area (Å²) in [5.41, 5.74) is 2.68. The number of nitrogen functional groups attached to an aromatic ring is 1. The number of nitrogens with one attached hydrogen (secondary N) is 1. The lowest BCUT2D eigenvalue weighted by Crippen LogP contribution is -2.11. The SMILES string of the molecule is CCc1cc2c(NN)nc(CC(C)C)nc2s1. The van der Waals surface area contributed by atoms with E-state index in [1.807, 2.05) is 0 Å². The van der Waals surface area contributed by atoms with Gasteiger partial charge in [0.15, 0.2) is 5.82 Å². The average Bonchev–Trinajstić information content (AvgIpc) is 2.69. The number of aromatic nitrogens is 2. The lowest BCUT2D eigenvalue weighted by atomic mass is 10.1. The number of fused-ring (bicyclic) bond motifs is 1. The second-order valence-electron chi connectivity index (χ2n) is 4.52. The highest BCUT2D eigenvalue weighted by Crippen LogP contribution is 2.29. The van der Waals surface area contributed by atoms with Gasteiger partial charge in [-0.2, -0.15) is 0 Å². The normalized spacial score (nSPS) is 11.4. The van der Waals surface area contributed by atoms with E-state index in [1.165, 1.54) is 4.88 Å². The van der Waals surface area contributed by atoms with Gasteiger partial charge >= 0.3 is 0 Å². The summed E-state index contributed by atoms with van der Waals surface area (Å²) in [6.07, 6.45) is 1.90. The van der Waals surface area contributed by atoms with Gasteiger partial charge < -0.3 is 5.43 Å². The zero-order chi connectivity index (χ0) is 12.4. The first-order valence-electron chi connectivity index (χ1n) is 5.90. The predicted molar refractivity (Wildman–Crippen MR) is 73.1 cm³/mol. The molecule has 5 heteroatoms. The van der Waals surface area contributed by atoms with Gasteiger partial charge in [-0.3, -0.25) is 0 Å². The number of nitrogens with two attached hydrogens (primary N) is 1. The number of rotatable bonds is 4.